The summed E-state index contributed by atoms with van der Waals surface area (Å²) in [5.74, 6) is 0.940. The zero-order valence-electron chi connectivity index (χ0n) is 13.3. The lowest BCUT2D eigenvalue weighted by atomic mass is 10.2. The van der Waals surface area contributed by atoms with Crippen molar-refractivity contribution in [3.63, 3.8) is 0 Å². The summed E-state index contributed by atoms with van der Waals surface area (Å²) in [5.41, 5.74) is 0.536. The van der Waals surface area contributed by atoms with E-state index in [4.69, 9.17) is 0 Å². The molecule has 1 aromatic carbocycles. The zero-order chi connectivity index (χ0) is 18.0. The van der Waals surface area contributed by atoms with Gasteiger partial charge in [-0.15, -0.1) is 10.2 Å². The number of hydrogen-bond acceptors (Lipinski definition) is 5. The van der Waals surface area contributed by atoms with E-state index in [1.54, 1.807) is 23.6 Å². The van der Waals surface area contributed by atoms with Gasteiger partial charge in [-0.05, 0) is 18.6 Å². The Kier molecular flexibility index (Phi) is 5.00. The van der Waals surface area contributed by atoms with Crippen molar-refractivity contribution in [3.05, 3.63) is 34.6 Å². The number of aromatic nitrogens is 4. The van der Waals surface area contributed by atoms with Crippen LogP contribution in [-0.2, 0) is 11.8 Å². The molecule has 3 rings (SSSR count). The first-order chi connectivity index (χ1) is 11.9. The third kappa shape index (κ3) is 3.79. The molecule has 0 saturated heterocycles. The Morgan fingerprint density at radius 3 is 2.76 bits per heavy atom. The van der Waals surface area contributed by atoms with Gasteiger partial charge in [-0.2, -0.15) is 13.2 Å². The maximum absolute atomic E-state index is 12.3. The second-order valence-corrected chi connectivity index (χ2v) is 6.43. The van der Waals surface area contributed by atoms with Crippen LogP contribution in [0.4, 0.5) is 13.2 Å². The Labute approximate surface area is 144 Å². The van der Waals surface area contributed by atoms with Crippen LogP contribution in [0.1, 0.15) is 6.42 Å². The minimum absolute atomic E-state index is 0.0163. The van der Waals surface area contributed by atoms with Crippen LogP contribution in [0, 0.1) is 0 Å². The molecule has 6 nitrogen and oxygen atoms in total. The summed E-state index contributed by atoms with van der Waals surface area (Å²) in [5, 5.41) is 9.28. The molecule has 0 N–H and O–H groups in total. The van der Waals surface area contributed by atoms with Gasteiger partial charge >= 0.3 is 6.18 Å². The van der Waals surface area contributed by atoms with E-state index in [-0.39, 0.29) is 12.2 Å². The van der Waals surface area contributed by atoms with Crippen molar-refractivity contribution >= 4 is 28.4 Å². The zero-order valence-corrected chi connectivity index (χ0v) is 14.1. The van der Waals surface area contributed by atoms with Crippen molar-refractivity contribution in [2.75, 3.05) is 19.0 Å². The van der Waals surface area contributed by atoms with Crippen molar-refractivity contribution in [1.29, 1.82) is 0 Å². The number of halogens is 3. The van der Waals surface area contributed by atoms with Crippen molar-refractivity contribution in [1.82, 2.24) is 19.2 Å². The van der Waals surface area contributed by atoms with E-state index in [0.29, 0.717) is 34.0 Å². The summed E-state index contributed by atoms with van der Waals surface area (Å²) in [4.78, 5) is 12.3. The number of nitrogens with zero attached hydrogens (tertiary/aromatic N) is 4. The van der Waals surface area contributed by atoms with Crippen molar-refractivity contribution in [3.8, 4) is 0 Å². The molecule has 0 fully saturated rings. The molecule has 0 unspecified atom stereocenters. The van der Waals surface area contributed by atoms with Gasteiger partial charge < -0.3 is 4.74 Å². The van der Waals surface area contributed by atoms with E-state index in [1.165, 1.54) is 16.3 Å². The Morgan fingerprint density at radius 1 is 1.24 bits per heavy atom. The molecular weight excluding hydrogens is 357 g/mol. The fraction of sp³-hybridized carbons (Fsp3) is 0.400. The molecule has 0 saturated carbocycles. The first kappa shape index (κ1) is 17.7. The highest BCUT2D eigenvalue weighted by atomic mass is 32.2. The second kappa shape index (κ2) is 7.04. The van der Waals surface area contributed by atoms with E-state index in [1.807, 2.05) is 12.1 Å². The van der Waals surface area contributed by atoms with Crippen LogP contribution in [0.25, 0.3) is 16.7 Å². The summed E-state index contributed by atoms with van der Waals surface area (Å²) >= 11 is 1.36. The lowest BCUT2D eigenvalue weighted by Gasteiger charge is -2.08. The second-order valence-electron chi connectivity index (χ2n) is 5.37. The van der Waals surface area contributed by atoms with Crippen LogP contribution < -0.4 is 5.56 Å². The Bertz CT molecular complexity index is 951. The lowest BCUT2D eigenvalue weighted by molar-refractivity contribution is -0.173. The molecule has 2 heterocycles. The summed E-state index contributed by atoms with van der Waals surface area (Å²) in [6, 6.07) is 7.14. The van der Waals surface area contributed by atoms with E-state index in [0.717, 1.165) is 0 Å². The maximum Gasteiger partial charge on any atom is 0.411 e. The van der Waals surface area contributed by atoms with Gasteiger partial charge in [-0.25, -0.2) is 0 Å². The first-order valence-electron chi connectivity index (χ1n) is 7.48. The van der Waals surface area contributed by atoms with E-state index >= 15 is 0 Å². The number of benzene rings is 1. The first-order valence-corrected chi connectivity index (χ1v) is 8.47. The van der Waals surface area contributed by atoms with E-state index in [9.17, 15) is 18.0 Å². The van der Waals surface area contributed by atoms with Crippen LogP contribution in [0.3, 0.4) is 0 Å². The molecule has 25 heavy (non-hydrogen) atoms. The SMILES string of the molecule is Cn1c(=O)c2ccccc2n2c(SCCCOCC(F)(F)F)nnc12. The number of aryl methyl sites for hydroxylation is 1. The topological polar surface area (TPSA) is 61.4 Å². The van der Waals surface area contributed by atoms with Gasteiger partial charge in [0.05, 0.1) is 10.9 Å². The molecule has 0 radical (unpaired) electrons. The molecule has 0 aliphatic carbocycles. The predicted octanol–water partition coefficient (Wildman–Crippen LogP) is 2.64. The van der Waals surface area contributed by atoms with E-state index < -0.39 is 12.8 Å². The fourth-order valence-corrected chi connectivity index (χ4v) is 3.27. The van der Waals surface area contributed by atoms with Gasteiger partial charge in [0.15, 0.2) is 5.16 Å². The molecule has 0 aliphatic rings. The monoisotopic (exact) mass is 372 g/mol. The Hall–Kier alpha value is -2.07. The van der Waals surface area contributed by atoms with Gasteiger partial charge in [0.2, 0.25) is 5.78 Å². The minimum atomic E-state index is -4.31. The van der Waals surface area contributed by atoms with Crippen LogP contribution in [-0.4, -0.2) is 44.3 Å². The average Bonchev–Trinajstić information content (AvgIpc) is 2.99. The number of para-hydroxylation sites is 1. The van der Waals surface area contributed by atoms with Crippen LogP contribution >= 0.6 is 11.8 Å². The molecule has 134 valence electrons. The average molecular weight is 372 g/mol. The molecular formula is C15H15F3N4O2S. The highest BCUT2D eigenvalue weighted by Crippen LogP contribution is 2.22. The van der Waals surface area contributed by atoms with Crippen LogP contribution in [0.15, 0.2) is 34.2 Å². The van der Waals surface area contributed by atoms with Crippen molar-refractivity contribution < 1.29 is 17.9 Å². The van der Waals surface area contributed by atoms with Crippen LogP contribution in [0.5, 0.6) is 0 Å². The standard InChI is InChI=1S/C15H15F3N4O2S/c1-21-12(23)10-5-2-3-6-11(10)22-13(21)19-20-14(22)25-8-4-7-24-9-15(16,17)18/h2-3,5-6H,4,7-9H2,1H3. The molecule has 0 atom stereocenters. The van der Waals surface area contributed by atoms with Crippen molar-refractivity contribution in [2.24, 2.45) is 7.05 Å². The number of ether oxygens (including phenoxy) is 1. The Morgan fingerprint density at radius 2 is 2.00 bits per heavy atom. The smallest absolute Gasteiger partial charge is 0.372 e. The number of fused-ring (bicyclic) bond motifs is 3. The number of rotatable bonds is 6. The van der Waals surface area contributed by atoms with Gasteiger partial charge in [-0.3, -0.25) is 13.8 Å². The summed E-state index contributed by atoms with van der Waals surface area (Å²) in [6.07, 6.45) is -3.86. The third-order valence-corrected chi connectivity index (χ3v) is 4.54. The van der Waals surface area contributed by atoms with Crippen LogP contribution in [0.2, 0.25) is 0 Å². The molecule has 0 bridgehead atoms. The number of alkyl halides is 3. The summed E-state index contributed by atoms with van der Waals surface area (Å²) in [6.45, 7) is -1.22. The third-order valence-electron chi connectivity index (χ3n) is 3.53. The minimum Gasteiger partial charge on any atom is -0.372 e. The maximum atomic E-state index is 12.3. The normalized spacial score (nSPS) is 12.3. The summed E-state index contributed by atoms with van der Waals surface area (Å²) in [7, 11) is 1.62. The molecule has 0 amide bonds. The largest absolute Gasteiger partial charge is 0.411 e. The fourth-order valence-electron chi connectivity index (χ4n) is 2.42. The quantitative estimate of drug-likeness (QED) is 0.492. The van der Waals surface area contributed by atoms with Gasteiger partial charge in [0, 0.05) is 19.4 Å². The van der Waals surface area contributed by atoms with E-state index in [2.05, 4.69) is 14.9 Å². The molecule has 2 aromatic heterocycles. The molecule has 0 spiro atoms. The lowest BCUT2D eigenvalue weighted by Crippen LogP contribution is -2.20. The molecule has 3 aromatic rings. The number of hydrogen-bond donors (Lipinski definition) is 0. The summed E-state index contributed by atoms with van der Waals surface area (Å²) < 4.78 is 43.8. The van der Waals surface area contributed by atoms with Gasteiger partial charge in [0.1, 0.15) is 6.61 Å². The molecule has 10 heteroatoms. The highest BCUT2D eigenvalue weighted by Gasteiger charge is 2.27. The highest BCUT2D eigenvalue weighted by molar-refractivity contribution is 7.99. The van der Waals surface area contributed by atoms with Gasteiger partial charge in [0.25, 0.3) is 5.56 Å². The van der Waals surface area contributed by atoms with Crippen molar-refractivity contribution in [2.45, 2.75) is 17.8 Å². The molecule has 0 aliphatic heterocycles. The number of thioether (sulfide) groups is 1. The van der Waals surface area contributed by atoms with Gasteiger partial charge in [-0.1, -0.05) is 23.9 Å². The predicted molar refractivity (Wildman–Crippen MR) is 87.9 cm³/mol. The Balaban J connectivity index is 1.76.